The van der Waals surface area contributed by atoms with Gasteiger partial charge in [-0.05, 0) is 30.9 Å². The zero-order valence-corrected chi connectivity index (χ0v) is 11.1. The Morgan fingerprint density at radius 2 is 2.06 bits per heavy atom. The summed E-state index contributed by atoms with van der Waals surface area (Å²) >= 11 is 0. The van der Waals surface area contributed by atoms with E-state index in [1.54, 1.807) is 0 Å². The van der Waals surface area contributed by atoms with Crippen LogP contribution in [0.5, 0.6) is 5.75 Å². The summed E-state index contributed by atoms with van der Waals surface area (Å²) in [5.74, 6) is 2.27. The van der Waals surface area contributed by atoms with Crippen LogP contribution in [0.4, 0.5) is 0 Å². The van der Waals surface area contributed by atoms with E-state index in [0.717, 1.165) is 28.9 Å². The molecule has 0 bridgehead atoms. The maximum Gasteiger partial charge on any atom is 0.169 e. The van der Waals surface area contributed by atoms with Crippen molar-refractivity contribution in [2.75, 3.05) is 6.61 Å². The molecule has 1 aromatic heterocycles. The van der Waals surface area contributed by atoms with E-state index in [1.807, 2.05) is 24.3 Å². The molecule has 0 spiro atoms. The number of para-hydroxylation sites is 1. The maximum atomic E-state index is 5.86. The highest BCUT2D eigenvalue weighted by Crippen LogP contribution is 2.32. The van der Waals surface area contributed by atoms with Crippen LogP contribution in [0.15, 0.2) is 28.7 Å². The summed E-state index contributed by atoms with van der Waals surface area (Å²) in [5, 5.41) is 1.02. The Morgan fingerprint density at radius 3 is 2.78 bits per heavy atom. The molecular formula is C15H21NO2. The average Bonchev–Trinajstić information content (AvgIpc) is 2.72. The van der Waals surface area contributed by atoms with Gasteiger partial charge in [-0.25, -0.2) is 0 Å². The molecule has 2 rings (SSSR count). The molecule has 0 atom stereocenters. The molecule has 0 fully saturated rings. The highest BCUT2D eigenvalue weighted by atomic mass is 16.5. The molecule has 0 saturated heterocycles. The van der Waals surface area contributed by atoms with Crippen LogP contribution >= 0.6 is 0 Å². The van der Waals surface area contributed by atoms with Crippen LogP contribution in [0.2, 0.25) is 0 Å². The highest BCUT2D eigenvalue weighted by Gasteiger charge is 2.13. The van der Waals surface area contributed by atoms with Gasteiger partial charge >= 0.3 is 0 Å². The molecule has 1 aromatic carbocycles. The third-order valence-corrected chi connectivity index (χ3v) is 2.98. The summed E-state index contributed by atoms with van der Waals surface area (Å²) in [7, 11) is 0. The summed E-state index contributed by atoms with van der Waals surface area (Å²) in [6.07, 6.45) is 2.23. The van der Waals surface area contributed by atoms with Crippen LogP contribution in [0.1, 0.15) is 32.4 Å². The normalized spacial score (nSPS) is 11.3. The van der Waals surface area contributed by atoms with E-state index in [0.29, 0.717) is 19.1 Å². The van der Waals surface area contributed by atoms with Gasteiger partial charge in [0.05, 0.1) is 18.5 Å². The first-order valence-electron chi connectivity index (χ1n) is 6.55. The lowest BCUT2D eigenvalue weighted by Gasteiger charge is -2.07. The molecule has 0 unspecified atom stereocenters. The molecule has 0 aliphatic carbocycles. The van der Waals surface area contributed by atoms with Crippen LogP contribution in [0.25, 0.3) is 11.0 Å². The second kappa shape index (κ2) is 5.91. The van der Waals surface area contributed by atoms with Gasteiger partial charge in [-0.1, -0.05) is 26.0 Å². The topological polar surface area (TPSA) is 48.4 Å². The van der Waals surface area contributed by atoms with Crippen LogP contribution in [0, 0.1) is 5.92 Å². The maximum absolute atomic E-state index is 5.86. The molecule has 3 heteroatoms. The summed E-state index contributed by atoms with van der Waals surface area (Å²) in [5.41, 5.74) is 6.54. The smallest absolute Gasteiger partial charge is 0.169 e. The standard InChI is InChI=1S/C15H21NO2/c1-11(2)6-5-9-17-15-12-7-3-4-8-13(12)18-14(15)10-16/h3-4,7-8,11H,5-6,9-10,16H2,1-2H3. The minimum absolute atomic E-state index is 0.369. The van der Waals surface area contributed by atoms with E-state index < -0.39 is 0 Å². The van der Waals surface area contributed by atoms with Crippen molar-refractivity contribution in [2.45, 2.75) is 33.2 Å². The van der Waals surface area contributed by atoms with Gasteiger partial charge < -0.3 is 14.9 Å². The Morgan fingerprint density at radius 1 is 1.28 bits per heavy atom. The summed E-state index contributed by atoms with van der Waals surface area (Å²) in [6.45, 7) is 5.53. The monoisotopic (exact) mass is 247 g/mol. The van der Waals surface area contributed by atoms with Crippen molar-refractivity contribution in [3.8, 4) is 5.75 Å². The second-order valence-electron chi connectivity index (χ2n) is 4.94. The lowest BCUT2D eigenvalue weighted by atomic mass is 10.1. The first-order chi connectivity index (χ1) is 8.72. The van der Waals surface area contributed by atoms with Crippen LogP contribution in [0.3, 0.4) is 0 Å². The quantitative estimate of drug-likeness (QED) is 0.792. The molecule has 2 aromatic rings. The van der Waals surface area contributed by atoms with Gasteiger partial charge in [0, 0.05) is 0 Å². The van der Waals surface area contributed by atoms with Crippen molar-refractivity contribution in [3.05, 3.63) is 30.0 Å². The van der Waals surface area contributed by atoms with Crippen LogP contribution in [-0.4, -0.2) is 6.61 Å². The zero-order chi connectivity index (χ0) is 13.0. The number of hydrogen-bond acceptors (Lipinski definition) is 3. The van der Waals surface area contributed by atoms with Gasteiger partial charge in [-0.2, -0.15) is 0 Å². The molecule has 0 aliphatic heterocycles. The Kier molecular flexibility index (Phi) is 4.26. The Hall–Kier alpha value is -1.48. The fraction of sp³-hybridized carbons (Fsp3) is 0.467. The van der Waals surface area contributed by atoms with Crippen LogP contribution in [-0.2, 0) is 6.54 Å². The molecule has 1 heterocycles. The third-order valence-electron chi connectivity index (χ3n) is 2.98. The Balaban J connectivity index is 2.10. The highest BCUT2D eigenvalue weighted by molar-refractivity contribution is 5.85. The summed E-state index contributed by atoms with van der Waals surface area (Å²) in [6, 6.07) is 7.89. The molecule has 18 heavy (non-hydrogen) atoms. The first kappa shape index (κ1) is 13.0. The number of ether oxygens (including phenoxy) is 1. The second-order valence-corrected chi connectivity index (χ2v) is 4.94. The SMILES string of the molecule is CC(C)CCCOc1c(CN)oc2ccccc12. The number of fused-ring (bicyclic) bond motifs is 1. The molecule has 0 aliphatic rings. The Bertz CT molecular complexity index is 502. The first-order valence-corrected chi connectivity index (χ1v) is 6.55. The minimum Gasteiger partial charge on any atom is -0.489 e. The predicted molar refractivity (Wildman–Crippen MR) is 73.7 cm³/mol. The molecule has 0 saturated carbocycles. The van der Waals surface area contributed by atoms with Crippen LogP contribution < -0.4 is 10.5 Å². The van der Waals surface area contributed by atoms with Crippen molar-refractivity contribution < 1.29 is 9.15 Å². The van der Waals surface area contributed by atoms with E-state index in [-0.39, 0.29) is 0 Å². The minimum atomic E-state index is 0.369. The molecule has 98 valence electrons. The number of benzene rings is 1. The molecule has 2 N–H and O–H groups in total. The van der Waals surface area contributed by atoms with E-state index in [9.17, 15) is 0 Å². The number of nitrogens with two attached hydrogens (primary N) is 1. The molecule has 0 radical (unpaired) electrons. The fourth-order valence-corrected chi connectivity index (χ4v) is 2.03. The van der Waals surface area contributed by atoms with Gasteiger partial charge in [-0.15, -0.1) is 0 Å². The average molecular weight is 247 g/mol. The molecular weight excluding hydrogens is 226 g/mol. The predicted octanol–water partition coefficient (Wildman–Crippen LogP) is 3.71. The number of hydrogen-bond donors (Lipinski definition) is 1. The van der Waals surface area contributed by atoms with Gasteiger partial charge in [0.15, 0.2) is 11.5 Å². The van der Waals surface area contributed by atoms with E-state index in [4.69, 9.17) is 14.9 Å². The number of furan rings is 1. The van der Waals surface area contributed by atoms with Crippen molar-refractivity contribution in [2.24, 2.45) is 11.7 Å². The van der Waals surface area contributed by atoms with Gasteiger partial charge in [0.25, 0.3) is 0 Å². The fourth-order valence-electron chi connectivity index (χ4n) is 2.03. The molecule has 0 amide bonds. The lowest BCUT2D eigenvalue weighted by molar-refractivity contribution is 0.292. The lowest BCUT2D eigenvalue weighted by Crippen LogP contribution is -2.03. The molecule has 3 nitrogen and oxygen atoms in total. The van der Waals surface area contributed by atoms with Gasteiger partial charge in [0.1, 0.15) is 5.58 Å². The van der Waals surface area contributed by atoms with Crippen molar-refractivity contribution >= 4 is 11.0 Å². The zero-order valence-electron chi connectivity index (χ0n) is 11.1. The van der Waals surface area contributed by atoms with Crippen molar-refractivity contribution in [3.63, 3.8) is 0 Å². The Labute approximate surface area is 108 Å². The van der Waals surface area contributed by atoms with E-state index in [2.05, 4.69) is 13.8 Å². The number of rotatable bonds is 6. The largest absolute Gasteiger partial charge is 0.489 e. The summed E-state index contributed by atoms with van der Waals surface area (Å²) < 4.78 is 11.5. The van der Waals surface area contributed by atoms with Gasteiger partial charge in [-0.3, -0.25) is 0 Å². The van der Waals surface area contributed by atoms with Crippen molar-refractivity contribution in [1.29, 1.82) is 0 Å². The third kappa shape index (κ3) is 2.85. The van der Waals surface area contributed by atoms with E-state index in [1.165, 1.54) is 6.42 Å². The van der Waals surface area contributed by atoms with Gasteiger partial charge in [0.2, 0.25) is 0 Å². The van der Waals surface area contributed by atoms with E-state index >= 15 is 0 Å². The van der Waals surface area contributed by atoms with Crippen molar-refractivity contribution in [1.82, 2.24) is 0 Å². The summed E-state index contributed by atoms with van der Waals surface area (Å²) in [4.78, 5) is 0.